The number of carboxylic acids is 1. The first-order valence-electron chi connectivity index (χ1n) is 6.57. The topological polar surface area (TPSA) is 76.1 Å². The second kappa shape index (κ2) is 4.67. The highest BCUT2D eigenvalue weighted by Crippen LogP contribution is 2.41. The van der Waals surface area contributed by atoms with Crippen LogP contribution in [0.4, 0.5) is 4.79 Å². The van der Waals surface area contributed by atoms with Gasteiger partial charge in [-0.25, -0.2) is 4.79 Å². The number of rotatable bonds is 1. The van der Waals surface area contributed by atoms with E-state index in [1.165, 1.54) is 4.90 Å². The Labute approximate surface area is 112 Å². The molecular weight excluding hydrogens is 250 g/mol. The Morgan fingerprint density at radius 1 is 1.42 bits per heavy atom. The van der Waals surface area contributed by atoms with E-state index in [1.807, 2.05) is 0 Å². The number of hydrogen-bond acceptors (Lipinski definition) is 4. The largest absolute Gasteiger partial charge is 0.481 e. The van der Waals surface area contributed by atoms with Gasteiger partial charge in [-0.3, -0.25) is 4.79 Å². The SMILES string of the molecule is CC(C)(C)OC(=O)N1CCC[C@]2(C(=O)O)COC[C@H]12. The second-order valence-corrected chi connectivity index (χ2v) is 6.27. The molecule has 0 aromatic rings. The lowest BCUT2D eigenvalue weighted by molar-refractivity contribution is -0.154. The average Bonchev–Trinajstić information content (AvgIpc) is 2.70. The Hall–Kier alpha value is -1.30. The second-order valence-electron chi connectivity index (χ2n) is 6.27. The summed E-state index contributed by atoms with van der Waals surface area (Å²) in [6.07, 6.45) is 0.755. The molecule has 6 nitrogen and oxygen atoms in total. The van der Waals surface area contributed by atoms with Gasteiger partial charge in [-0.1, -0.05) is 0 Å². The van der Waals surface area contributed by atoms with Crippen molar-refractivity contribution in [2.45, 2.75) is 45.3 Å². The Morgan fingerprint density at radius 2 is 2.11 bits per heavy atom. The Balaban J connectivity index is 2.18. The van der Waals surface area contributed by atoms with Crippen LogP contribution >= 0.6 is 0 Å². The van der Waals surface area contributed by atoms with E-state index in [0.29, 0.717) is 19.4 Å². The molecule has 19 heavy (non-hydrogen) atoms. The quantitative estimate of drug-likeness (QED) is 0.782. The third-order valence-electron chi connectivity index (χ3n) is 3.73. The molecule has 108 valence electrons. The lowest BCUT2D eigenvalue weighted by atomic mass is 9.75. The number of carbonyl (C=O) groups excluding carboxylic acids is 1. The van der Waals surface area contributed by atoms with Gasteiger partial charge in [0.15, 0.2) is 0 Å². The van der Waals surface area contributed by atoms with Crippen molar-refractivity contribution in [3.63, 3.8) is 0 Å². The number of likely N-dealkylation sites (tertiary alicyclic amines) is 1. The van der Waals surface area contributed by atoms with E-state index in [-0.39, 0.29) is 13.2 Å². The third-order valence-corrected chi connectivity index (χ3v) is 3.73. The average molecular weight is 271 g/mol. The Kier molecular flexibility index (Phi) is 3.47. The van der Waals surface area contributed by atoms with Gasteiger partial charge in [-0.15, -0.1) is 0 Å². The van der Waals surface area contributed by atoms with E-state index in [2.05, 4.69) is 0 Å². The number of fused-ring (bicyclic) bond motifs is 1. The maximum Gasteiger partial charge on any atom is 0.410 e. The fourth-order valence-corrected chi connectivity index (χ4v) is 2.81. The monoisotopic (exact) mass is 271 g/mol. The first-order valence-corrected chi connectivity index (χ1v) is 6.57. The van der Waals surface area contributed by atoms with Crippen LogP contribution < -0.4 is 0 Å². The van der Waals surface area contributed by atoms with Crippen molar-refractivity contribution in [2.24, 2.45) is 5.41 Å². The smallest absolute Gasteiger partial charge is 0.410 e. The molecule has 2 heterocycles. The van der Waals surface area contributed by atoms with Crippen LogP contribution in [0.3, 0.4) is 0 Å². The summed E-state index contributed by atoms with van der Waals surface area (Å²) in [6.45, 7) is 6.36. The summed E-state index contributed by atoms with van der Waals surface area (Å²) in [5.41, 5.74) is -1.55. The lowest BCUT2D eigenvalue weighted by Gasteiger charge is -2.42. The zero-order valence-corrected chi connectivity index (χ0v) is 11.6. The van der Waals surface area contributed by atoms with Crippen LogP contribution in [-0.4, -0.2) is 53.5 Å². The molecule has 2 saturated heterocycles. The first-order chi connectivity index (χ1) is 8.76. The Bertz CT molecular complexity index is 389. The van der Waals surface area contributed by atoms with E-state index >= 15 is 0 Å². The van der Waals surface area contributed by atoms with Gasteiger partial charge in [0, 0.05) is 6.54 Å². The molecule has 2 rings (SSSR count). The number of amides is 1. The number of ether oxygens (including phenoxy) is 2. The van der Waals surface area contributed by atoms with Crippen molar-refractivity contribution < 1.29 is 24.2 Å². The van der Waals surface area contributed by atoms with Crippen LogP contribution in [0.1, 0.15) is 33.6 Å². The Morgan fingerprint density at radius 3 is 2.68 bits per heavy atom. The molecule has 1 amide bonds. The summed E-state index contributed by atoms with van der Waals surface area (Å²) in [6, 6.07) is -0.423. The predicted octanol–water partition coefficient (Wildman–Crippen LogP) is 1.49. The summed E-state index contributed by atoms with van der Waals surface area (Å²) in [5.74, 6) is -0.886. The maximum absolute atomic E-state index is 12.2. The molecule has 0 aliphatic carbocycles. The number of carboxylic acid groups (broad SMARTS) is 1. The number of piperidine rings is 1. The zero-order valence-electron chi connectivity index (χ0n) is 11.6. The normalized spacial score (nSPS) is 30.9. The van der Waals surface area contributed by atoms with Crippen LogP contribution in [0, 0.1) is 5.41 Å². The highest BCUT2D eigenvalue weighted by atomic mass is 16.6. The van der Waals surface area contributed by atoms with Gasteiger partial charge < -0.3 is 19.5 Å². The van der Waals surface area contributed by atoms with Crippen molar-refractivity contribution in [3.8, 4) is 0 Å². The molecule has 2 atom stereocenters. The van der Waals surface area contributed by atoms with Crippen molar-refractivity contribution in [2.75, 3.05) is 19.8 Å². The molecule has 2 aliphatic rings. The van der Waals surface area contributed by atoms with E-state index < -0.39 is 29.1 Å². The molecule has 2 aliphatic heterocycles. The van der Waals surface area contributed by atoms with Gasteiger partial charge in [-0.2, -0.15) is 0 Å². The van der Waals surface area contributed by atoms with Crippen molar-refractivity contribution in [1.29, 1.82) is 0 Å². The standard InChI is InChI=1S/C13H21NO5/c1-12(2,3)19-11(17)14-6-4-5-13(10(15)16)8-18-7-9(13)14/h9H,4-8H2,1-3H3,(H,15,16)/t9-,13-/m0/s1. The van der Waals surface area contributed by atoms with Gasteiger partial charge in [0.05, 0.1) is 19.3 Å². The predicted molar refractivity (Wildman–Crippen MR) is 66.8 cm³/mol. The number of nitrogens with zero attached hydrogens (tertiary/aromatic N) is 1. The highest BCUT2D eigenvalue weighted by molar-refractivity contribution is 5.78. The molecule has 0 aromatic carbocycles. The van der Waals surface area contributed by atoms with Gasteiger partial charge >= 0.3 is 12.1 Å². The van der Waals surface area contributed by atoms with E-state index in [9.17, 15) is 14.7 Å². The lowest BCUT2D eigenvalue weighted by Crippen LogP contribution is -2.57. The van der Waals surface area contributed by atoms with Crippen molar-refractivity contribution in [1.82, 2.24) is 4.90 Å². The molecular formula is C13H21NO5. The van der Waals surface area contributed by atoms with Crippen molar-refractivity contribution in [3.05, 3.63) is 0 Å². The van der Waals surface area contributed by atoms with Crippen LogP contribution in [0.2, 0.25) is 0 Å². The summed E-state index contributed by atoms with van der Waals surface area (Å²) in [4.78, 5) is 25.3. The van der Waals surface area contributed by atoms with Crippen molar-refractivity contribution >= 4 is 12.1 Å². The summed E-state index contributed by atoms with van der Waals surface area (Å²) < 4.78 is 10.7. The van der Waals surface area contributed by atoms with Gasteiger partial charge in [0.2, 0.25) is 0 Å². The molecule has 2 fully saturated rings. The minimum absolute atomic E-state index is 0.173. The minimum atomic E-state index is -0.963. The number of aliphatic carboxylic acids is 1. The molecule has 6 heteroatoms. The molecule has 0 aromatic heterocycles. The summed E-state index contributed by atoms with van der Waals surface area (Å²) in [5, 5.41) is 9.47. The number of hydrogen-bond donors (Lipinski definition) is 1. The number of carbonyl (C=O) groups is 2. The van der Waals surface area contributed by atoms with E-state index in [4.69, 9.17) is 9.47 Å². The zero-order chi connectivity index (χ0) is 14.3. The van der Waals surface area contributed by atoms with Gasteiger partial charge in [0.25, 0.3) is 0 Å². The maximum atomic E-state index is 12.2. The molecule has 0 spiro atoms. The first kappa shape index (κ1) is 14.1. The molecule has 0 saturated carbocycles. The fourth-order valence-electron chi connectivity index (χ4n) is 2.81. The fraction of sp³-hybridized carbons (Fsp3) is 0.846. The third kappa shape index (κ3) is 2.54. The van der Waals surface area contributed by atoms with E-state index in [0.717, 1.165) is 0 Å². The van der Waals surface area contributed by atoms with Gasteiger partial charge in [-0.05, 0) is 33.6 Å². The van der Waals surface area contributed by atoms with Crippen LogP contribution in [0.25, 0.3) is 0 Å². The molecule has 1 N–H and O–H groups in total. The molecule has 0 radical (unpaired) electrons. The van der Waals surface area contributed by atoms with Crippen LogP contribution in [-0.2, 0) is 14.3 Å². The summed E-state index contributed by atoms with van der Waals surface area (Å²) in [7, 11) is 0. The highest BCUT2D eigenvalue weighted by Gasteiger charge is 2.56. The minimum Gasteiger partial charge on any atom is -0.481 e. The molecule has 0 unspecified atom stereocenters. The van der Waals surface area contributed by atoms with Gasteiger partial charge in [0.1, 0.15) is 11.0 Å². The van der Waals surface area contributed by atoms with Crippen LogP contribution in [0.5, 0.6) is 0 Å². The van der Waals surface area contributed by atoms with Crippen LogP contribution in [0.15, 0.2) is 0 Å². The molecule has 0 bridgehead atoms. The summed E-state index contributed by atoms with van der Waals surface area (Å²) >= 11 is 0. The van der Waals surface area contributed by atoms with E-state index in [1.54, 1.807) is 20.8 Å².